The van der Waals surface area contributed by atoms with Gasteiger partial charge in [-0.15, -0.1) is 0 Å². The first-order chi connectivity index (χ1) is 13.0. The minimum Gasteiger partial charge on any atom is -0.495 e. The maximum Gasteiger partial charge on any atom is 0.221 e. The van der Waals surface area contributed by atoms with Crippen molar-refractivity contribution >= 4 is 17.6 Å². The lowest BCUT2D eigenvalue weighted by atomic mass is 10.1. The molecular weight excluding hydrogens is 340 g/mol. The molecule has 0 aliphatic rings. The molecule has 0 atom stereocenters. The maximum absolute atomic E-state index is 11.4. The van der Waals surface area contributed by atoms with Crippen molar-refractivity contribution in [3.8, 4) is 5.75 Å². The van der Waals surface area contributed by atoms with Crippen LogP contribution < -0.4 is 20.7 Å². The van der Waals surface area contributed by atoms with Crippen molar-refractivity contribution in [2.45, 2.75) is 33.9 Å². The molecule has 1 amide bonds. The van der Waals surface area contributed by atoms with Gasteiger partial charge in [0.25, 0.3) is 0 Å². The number of nitrogens with one attached hydrogen (secondary N) is 3. The number of carbonyl (C=O) groups excluding carboxylic acids is 1. The Labute approximate surface area is 161 Å². The van der Waals surface area contributed by atoms with Crippen LogP contribution in [-0.2, 0) is 17.9 Å². The SMILES string of the molecule is CCNC(=NCc1cccc(C)c1)NCc1ccc(OC)c(NC(C)=O)c1. The Morgan fingerprint density at radius 3 is 2.59 bits per heavy atom. The Hall–Kier alpha value is -3.02. The molecule has 6 nitrogen and oxygen atoms in total. The van der Waals surface area contributed by atoms with E-state index in [4.69, 9.17) is 4.74 Å². The molecule has 144 valence electrons. The molecule has 0 aliphatic heterocycles. The van der Waals surface area contributed by atoms with Crippen LogP contribution >= 0.6 is 0 Å². The van der Waals surface area contributed by atoms with Crippen molar-refractivity contribution in [3.63, 3.8) is 0 Å². The third-order valence-corrected chi connectivity index (χ3v) is 3.88. The number of ether oxygens (including phenoxy) is 1. The van der Waals surface area contributed by atoms with Crippen molar-refractivity contribution in [1.82, 2.24) is 10.6 Å². The number of hydrogen-bond acceptors (Lipinski definition) is 3. The number of carbonyl (C=O) groups is 1. The normalized spacial score (nSPS) is 11.0. The lowest BCUT2D eigenvalue weighted by molar-refractivity contribution is -0.114. The average molecular weight is 368 g/mol. The van der Waals surface area contributed by atoms with Crippen LogP contribution in [-0.4, -0.2) is 25.5 Å². The van der Waals surface area contributed by atoms with E-state index in [9.17, 15) is 4.79 Å². The van der Waals surface area contributed by atoms with Gasteiger partial charge in [0.15, 0.2) is 5.96 Å². The third-order valence-electron chi connectivity index (χ3n) is 3.88. The van der Waals surface area contributed by atoms with Crippen LogP contribution in [0.25, 0.3) is 0 Å². The van der Waals surface area contributed by atoms with Gasteiger partial charge in [-0.05, 0) is 37.1 Å². The fourth-order valence-electron chi connectivity index (χ4n) is 2.66. The number of guanidine groups is 1. The zero-order valence-corrected chi connectivity index (χ0v) is 16.4. The van der Waals surface area contributed by atoms with Gasteiger partial charge in [-0.2, -0.15) is 0 Å². The molecule has 2 rings (SSSR count). The number of aliphatic imine (C=N–C) groups is 1. The number of amides is 1. The predicted octanol–water partition coefficient (Wildman–Crippen LogP) is 3.22. The number of nitrogens with zero attached hydrogens (tertiary/aromatic N) is 1. The monoisotopic (exact) mass is 368 g/mol. The van der Waals surface area contributed by atoms with E-state index in [1.54, 1.807) is 7.11 Å². The molecule has 0 heterocycles. The van der Waals surface area contributed by atoms with Crippen LogP contribution in [0.1, 0.15) is 30.5 Å². The Bertz CT molecular complexity index is 803. The van der Waals surface area contributed by atoms with E-state index in [0.29, 0.717) is 24.5 Å². The molecule has 0 unspecified atom stereocenters. The molecule has 0 fully saturated rings. The first-order valence-corrected chi connectivity index (χ1v) is 9.04. The molecule has 2 aromatic rings. The fourth-order valence-corrected chi connectivity index (χ4v) is 2.66. The number of methoxy groups -OCH3 is 1. The van der Waals surface area contributed by atoms with E-state index in [1.165, 1.54) is 18.1 Å². The van der Waals surface area contributed by atoms with Gasteiger partial charge in [-0.3, -0.25) is 4.79 Å². The summed E-state index contributed by atoms with van der Waals surface area (Å²) in [5, 5.41) is 9.37. The molecule has 0 aromatic heterocycles. The minimum atomic E-state index is -0.133. The van der Waals surface area contributed by atoms with Crippen LogP contribution in [0.2, 0.25) is 0 Å². The molecule has 0 saturated heterocycles. The highest BCUT2D eigenvalue weighted by Gasteiger charge is 2.07. The van der Waals surface area contributed by atoms with Gasteiger partial charge < -0.3 is 20.7 Å². The van der Waals surface area contributed by atoms with Gasteiger partial charge in [0.1, 0.15) is 5.75 Å². The van der Waals surface area contributed by atoms with Crippen LogP contribution in [0.15, 0.2) is 47.5 Å². The van der Waals surface area contributed by atoms with Crippen LogP contribution in [0.5, 0.6) is 5.75 Å². The van der Waals surface area contributed by atoms with E-state index in [2.05, 4.69) is 46.1 Å². The number of rotatable bonds is 7. The number of anilines is 1. The molecule has 0 spiro atoms. The Morgan fingerprint density at radius 1 is 1.11 bits per heavy atom. The first-order valence-electron chi connectivity index (χ1n) is 9.04. The Kier molecular flexibility index (Phi) is 7.67. The van der Waals surface area contributed by atoms with Crippen molar-refractivity contribution in [2.75, 3.05) is 19.0 Å². The van der Waals surface area contributed by atoms with Gasteiger partial charge >= 0.3 is 0 Å². The highest BCUT2D eigenvalue weighted by Crippen LogP contribution is 2.25. The van der Waals surface area contributed by atoms with Gasteiger partial charge in [0.2, 0.25) is 5.91 Å². The predicted molar refractivity (Wildman–Crippen MR) is 110 cm³/mol. The van der Waals surface area contributed by atoms with Crippen LogP contribution in [0, 0.1) is 6.92 Å². The molecule has 0 radical (unpaired) electrons. The Balaban J connectivity index is 2.06. The number of aryl methyl sites for hydroxylation is 1. The van der Waals surface area contributed by atoms with Crippen molar-refractivity contribution in [1.29, 1.82) is 0 Å². The highest BCUT2D eigenvalue weighted by atomic mass is 16.5. The molecule has 0 saturated carbocycles. The average Bonchev–Trinajstić information content (AvgIpc) is 2.64. The van der Waals surface area contributed by atoms with E-state index >= 15 is 0 Å². The summed E-state index contributed by atoms with van der Waals surface area (Å²) in [6.07, 6.45) is 0. The molecule has 0 bridgehead atoms. The summed E-state index contributed by atoms with van der Waals surface area (Å²) in [4.78, 5) is 16.0. The second-order valence-electron chi connectivity index (χ2n) is 6.25. The molecule has 6 heteroatoms. The summed E-state index contributed by atoms with van der Waals surface area (Å²) in [7, 11) is 1.58. The summed E-state index contributed by atoms with van der Waals surface area (Å²) in [5.41, 5.74) is 4.07. The van der Waals surface area contributed by atoms with Gasteiger partial charge in [0, 0.05) is 20.0 Å². The van der Waals surface area contributed by atoms with Crippen molar-refractivity contribution in [3.05, 3.63) is 59.2 Å². The smallest absolute Gasteiger partial charge is 0.221 e. The number of hydrogen-bond donors (Lipinski definition) is 3. The number of benzene rings is 2. The molecular formula is C21H28N4O2. The van der Waals surface area contributed by atoms with E-state index in [0.717, 1.165) is 18.1 Å². The van der Waals surface area contributed by atoms with Crippen LogP contribution in [0.3, 0.4) is 0 Å². The highest BCUT2D eigenvalue weighted by molar-refractivity contribution is 5.90. The molecule has 2 aromatic carbocycles. The second kappa shape index (κ2) is 10.2. The molecule has 27 heavy (non-hydrogen) atoms. The summed E-state index contributed by atoms with van der Waals surface area (Å²) in [5.74, 6) is 1.25. The van der Waals surface area contributed by atoms with Crippen LogP contribution in [0.4, 0.5) is 5.69 Å². The topological polar surface area (TPSA) is 74.8 Å². The summed E-state index contributed by atoms with van der Waals surface area (Å²) in [6.45, 7) is 7.55. The summed E-state index contributed by atoms with van der Waals surface area (Å²) >= 11 is 0. The second-order valence-corrected chi connectivity index (χ2v) is 6.25. The quantitative estimate of drug-likeness (QED) is 0.518. The lowest BCUT2D eigenvalue weighted by Crippen LogP contribution is -2.36. The lowest BCUT2D eigenvalue weighted by Gasteiger charge is -2.14. The minimum absolute atomic E-state index is 0.133. The summed E-state index contributed by atoms with van der Waals surface area (Å²) in [6, 6.07) is 14.0. The standard InChI is InChI=1S/C21H28N4O2/c1-5-22-21(23-13-17-8-6-7-15(2)11-17)24-14-18-9-10-20(27-4)19(12-18)25-16(3)26/h6-12H,5,13-14H2,1-4H3,(H,25,26)(H2,22,23,24). The van der Waals surface area contributed by atoms with Gasteiger partial charge in [-0.25, -0.2) is 4.99 Å². The van der Waals surface area contributed by atoms with Gasteiger partial charge in [0.05, 0.1) is 19.3 Å². The largest absolute Gasteiger partial charge is 0.495 e. The van der Waals surface area contributed by atoms with E-state index < -0.39 is 0 Å². The molecule has 3 N–H and O–H groups in total. The van der Waals surface area contributed by atoms with E-state index in [-0.39, 0.29) is 5.91 Å². The maximum atomic E-state index is 11.4. The third kappa shape index (κ3) is 6.66. The Morgan fingerprint density at radius 2 is 1.93 bits per heavy atom. The van der Waals surface area contributed by atoms with Crippen molar-refractivity contribution < 1.29 is 9.53 Å². The molecule has 0 aliphatic carbocycles. The summed E-state index contributed by atoms with van der Waals surface area (Å²) < 4.78 is 5.29. The first kappa shape index (κ1) is 20.3. The van der Waals surface area contributed by atoms with E-state index in [1.807, 2.05) is 31.2 Å². The zero-order chi connectivity index (χ0) is 19.6. The van der Waals surface area contributed by atoms with Gasteiger partial charge in [-0.1, -0.05) is 35.9 Å². The van der Waals surface area contributed by atoms with Crippen molar-refractivity contribution in [2.24, 2.45) is 4.99 Å². The zero-order valence-electron chi connectivity index (χ0n) is 16.4. The fraction of sp³-hybridized carbons (Fsp3) is 0.333.